The van der Waals surface area contributed by atoms with Crippen molar-refractivity contribution in [3.63, 3.8) is 0 Å². The van der Waals surface area contributed by atoms with Crippen LogP contribution >= 0.6 is 0 Å². The number of phenolic OH excluding ortho intramolecular Hbond substituents is 1. The van der Waals surface area contributed by atoms with Gasteiger partial charge in [-0.1, -0.05) is 12.1 Å². The Morgan fingerprint density at radius 2 is 1.78 bits per heavy atom. The first-order valence-corrected chi connectivity index (χ1v) is 13.6. The highest BCUT2D eigenvalue weighted by Crippen LogP contribution is 2.44. The van der Waals surface area contributed by atoms with Crippen LogP contribution in [0.25, 0.3) is 10.9 Å². The number of nitrogens with zero attached hydrogens (tertiary/aromatic N) is 5. The molecular formula is C26H30FN5O4S. The lowest BCUT2D eigenvalue weighted by molar-refractivity contribution is 0.0764. The number of carbonyl (C=O) groups excluding carboxylic acids is 1. The van der Waals surface area contributed by atoms with Crippen LogP contribution < -0.4 is 4.31 Å². The predicted molar refractivity (Wildman–Crippen MR) is 139 cm³/mol. The molecule has 0 saturated carbocycles. The Bertz CT molecular complexity index is 1450. The van der Waals surface area contributed by atoms with Crippen LogP contribution in [-0.2, 0) is 23.3 Å². The lowest BCUT2D eigenvalue weighted by atomic mass is 10.0. The Morgan fingerprint density at radius 3 is 2.43 bits per heavy atom. The van der Waals surface area contributed by atoms with Gasteiger partial charge in [-0.05, 0) is 43.7 Å². The lowest BCUT2D eigenvalue weighted by Gasteiger charge is -2.38. The maximum absolute atomic E-state index is 13.8. The molecule has 1 saturated heterocycles. The van der Waals surface area contributed by atoms with Crippen molar-refractivity contribution in [1.82, 2.24) is 19.1 Å². The van der Waals surface area contributed by atoms with Crippen molar-refractivity contribution in [1.29, 1.82) is 0 Å². The fourth-order valence-corrected chi connectivity index (χ4v) is 6.58. The minimum absolute atomic E-state index is 0.0509. The highest BCUT2D eigenvalue weighted by Gasteiger charge is 2.39. The molecule has 3 aromatic rings. The Hall–Kier alpha value is -3.28. The number of amides is 1. The standard InChI is InChI=1S/C26H30FN5O4S/c1-17(2)30-11-13-32(14-12-30)37(35,36)29(3)24-20-5-4-10-28-23(20)25(33)22-21(24)16-31(26(22)34)15-18-6-8-19(27)9-7-18/h4-10,17,33H,11-16H2,1-3H3. The number of pyridine rings is 1. The van der Waals surface area contributed by atoms with E-state index in [0.717, 1.165) is 5.56 Å². The van der Waals surface area contributed by atoms with Gasteiger partial charge in [-0.15, -0.1) is 0 Å². The van der Waals surface area contributed by atoms with Gasteiger partial charge in [0, 0.05) is 69.5 Å². The summed E-state index contributed by atoms with van der Waals surface area (Å²) >= 11 is 0. The molecule has 5 rings (SSSR count). The molecule has 0 spiro atoms. The molecule has 0 unspecified atom stereocenters. The summed E-state index contributed by atoms with van der Waals surface area (Å²) in [6.07, 6.45) is 1.49. The highest BCUT2D eigenvalue weighted by atomic mass is 32.2. The van der Waals surface area contributed by atoms with Gasteiger partial charge in [0.25, 0.3) is 5.91 Å². The van der Waals surface area contributed by atoms with Crippen LogP contribution in [0.1, 0.15) is 35.3 Å². The maximum Gasteiger partial charge on any atom is 0.303 e. The predicted octanol–water partition coefficient (Wildman–Crippen LogP) is 2.94. The molecule has 2 aliphatic heterocycles. The van der Waals surface area contributed by atoms with Gasteiger partial charge in [0.15, 0.2) is 5.75 Å². The van der Waals surface area contributed by atoms with E-state index in [1.807, 2.05) is 0 Å². The van der Waals surface area contributed by atoms with Crippen LogP contribution in [0.5, 0.6) is 5.75 Å². The minimum atomic E-state index is -3.93. The summed E-state index contributed by atoms with van der Waals surface area (Å²) in [7, 11) is -2.45. The van der Waals surface area contributed by atoms with Gasteiger partial charge >= 0.3 is 10.2 Å². The second-order valence-corrected chi connectivity index (χ2v) is 11.7. The zero-order chi connectivity index (χ0) is 26.5. The fourth-order valence-electron chi connectivity index (χ4n) is 5.17. The summed E-state index contributed by atoms with van der Waals surface area (Å²) in [6.45, 7) is 6.43. The number of rotatable bonds is 6. The molecule has 1 N–H and O–H groups in total. The molecule has 2 aliphatic rings. The van der Waals surface area contributed by atoms with E-state index in [9.17, 15) is 22.7 Å². The largest absolute Gasteiger partial charge is 0.505 e. The molecular weight excluding hydrogens is 497 g/mol. The van der Waals surface area contributed by atoms with Gasteiger partial charge in [0.05, 0.1) is 11.3 Å². The van der Waals surface area contributed by atoms with E-state index in [2.05, 4.69) is 23.7 Å². The molecule has 1 fully saturated rings. The number of halogens is 1. The van der Waals surface area contributed by atoms with E-state index in [1.54, 1.807) is 24.3 Å². The first-order chi connectivity index (χ1) is 17.6. The third kappa shape index (κ3) is 4.41. The van der Waals surface area contributed by atoms with Gasteiger partial charge in [-0.3, -0.25) is 19.0 Å². The molecule has 0 radical (unpaired) electrons. The number of hydrogen-bond donors (Lipinski definition) is 1. The molecule has 0 bridgehead atoms. The Labute approximate surface area is 215 Å². The van der Waals surface area contributed by atoms with E-state index in [0.29, 0.717) is 48.9 Å². The van der Waals surface area contributed by atoms with Crippen LogP contribution in [0.15, 0.2) is 42.6 Å². The zero-order valence-electron chi connectivity index (χ0n) is 21.1. The molecule has 11 heteroatoms. The van der Waals surface area contributed by atoms with Crippen molar-refractivity contribution in [2.24, 2.45) is 0 Å². The van der Waals surface area contributed by atoms with Crippen molar-refractivity contribution < 1.29 is 22.7 Å². The van der Waals surface area contributed by atoms with E-state index >= 15 is 0 Å². The van der Waals surface area contributed by atoms with E-state index < -0.39 is 16.1 Å². The topological polar surface area (TPSA) is 97.3 Å². The van der Waals surface area contributed by atoms with Crippen LogP contribution in [0, 0.1) is 5.82 Å². The van der Waals surface area contributed by atoms with Crippen molar-refractivity contribution in [2.45, 2.75) is 33.0 Å². The van der Waals surface area contributed by atoms with Crippen molar-refractivity contribution in [3.8, 4) is 5.75 Å². The molecule has 0 atom stereocenters. The van der Waals surface area contributed by atoms with Crippen LogP contribution in [0.2, 0.25) is 0 Å². The van der Waals surface area contributed by atoms with Gasteiger partial charge < -0.3 is 10.0 Å². The summed E-state index contributed by atoms with van der Waals surface area (Å²) in [6, 6.07) is 9.54. The second-order valence-electron chi connectivity index (χ2n) is 9.74. The monoisotopic (exact) mass is 527 g/mol. The average molecular weight is 528 g/mol. The number of carbonyl (C=O) groups is 1. The maximum atomic E-state index is 13.8. The quantitative estimate of drug-likeness (QED) is 0.530. The van der Waals surface area contributed by atoms with Crippen molar-refractivity contribution in [2.75, 3.05) is 37.5 Å². The molecule has 1 amide bonds. The van der Waals surface area contributed by atoms with Crippen molar-refractivity contribution >= 4 is 32.7 Å². The number of anilines is 1. The van der Waals surface area contributed by atoms with Gasteiger partial charge in [-0.2, -0.15) is 12.7 Å². The van der Waals surface area contributed by atoms with E-state index in [-0.39, 0.29) is 35.7 Å². The third-order valence-corrected chi connectivity index (χ3v) is 9.13. The smallest absolute Gasteiger partial charge is 0.303 e. The zero-order valence-corrected chi connectivity index (χ0v) is 21.9. The lowest BCUT2D eigenvalue weighted by Crippen LogP contribution is -2.53. The Morgan fingerprint density at radius 1 is 1.11 bits per heavy atom. The highest BCUT2D eigenvalue weighted by molar-refractivity contribution is 7.90. The minimum Gasteiger partial charge on any atom is -0.505 e. The summed E-state index contributed by atoms with van der Waals surface area (Å²) < 4.78 is 43.6. The number of piperazine rings is 1. The number of benzene rings is 2. The van der Waals surface area contributed by atoms with Crippen LogP contribution in [0.3, 0.4) is 0 Å². The van der Waals surface area contributed by atoms with Crippen LogP contribution in [-0.4, -0.2) is 77.8 Å². The number of aromatic hydroxyl groups is 1. The molecule has 2 aromatic carbocycles. The summed E-state index contributed by atoms with van der Waals surface area (Å²) in [4.78, 5) is 21.5. The molecule has 1 aromatic heterocycles. The molecule has 3 heterocycles. The number of phenols is 1. The number of hydrogen-bond acceptors (Lipinski definition) is 6. The van der Waals surface area contributed by atoms with Crippen molar-refractivity contribution in [3.05, 3.63) is 65.1 Å². The summed E-state index contributed by atoms with van der Waals surface area (Å²) in [5.74, 6) is -1.07. The second kappa shape index (κ2) is 9.55. The van der Waals surface area contributed by atoms with E-state index in [4.69, 9.17) is 0 Å². The van der Waals surface area contributed by atoms with Crippen LogP contribution in [0.4, 0.5) is 10.1 Å². The van der Waals surface area contributed by atoms with Gasteiger partial charge in [0.2, 0.25) is 0 Å². The normalized spacial score (nSPS) is 17.1. The molecule has 196 valence electrons. The Kier molecular flexibility index (Phi) is 6.55. The summed E-state index contributed by atoms with van der Waals surface area (Å²) in [5.41, 5.74) is 1.69. The summed E-state index contributed by atoms with van der Waals surface area (Å²) in [5, 5.41) is 11.5. The SMILES string of the molecule is CC(C)N1CCN(S(=O)(=O)N(C)c2c3c(c(O)c4ncccc24)C(=O)N(Cc2ccc(F)cc2)C3)CC1. The average Bonchev–Trinajstić information content (AvgIpc) is 3.21. The number of aromatic nitrogens is 1. The molecule has 37 heavy (non-hydrogen) atoms. The van der Waals surface area contributed by atoms with E-state index in [1.165, 1.54) is 38.9 Å². The first-order valence-electron chi connectivity index (χ1n) is 12.2. The first kappa shape index (κ1) is 25.4. The Balaban J connectivity index is 1.55. The third-order valence-electron chi connectivity index (χ3n) is 7.24. The van der Waals surface area contributed by atoms with Gasteiger partial charge in [0.1, 0.15) is 11.3 Å². The molecule has 9 nitrogen and oxygen atoms in total. The molecule has 0 aliphatic carbocycles. The fraction of sp³-hybridized carbons (Fsp3) is 0.385. The number of fused-ring (bicyclic) bond motifs is 2. The van der Waals surface area contributed by atoms with Gasteiger partial charge in [-0.25, -0.2) is 4.39 Å².